The molecule has 2 aliphatic heterocycles. The van der Waals surface area contributed by atoms with Crippen molar-refractivity contribution in [3.63, 3.8) is 0 Å². The van der Waals surface area contributed by atoms with Gasteiger partial charge in [0.05, 0.1) is 34.3 Å². The summed E-state index contributed by atoms with van der Waals surface area (Å²) in [6.07, 6.45) is 0.405. The first-order chi connectivity index (χ1) is 17.1. The minimum Gasteiger partial charge on any atom is -0.377 e. The summed E-state index contributed by atoms with van der Waals surface area (Å²) in [6, 6.07) is 16.8. The predicted octanol–water partition coefficient (Wildman–Crippen LogP) is 4.58. The molecule has 1 amide bonds. The molecule has 4 atom stereocenters. The number of hydrogen-bond donors (Lipinski definition) is 3. The highest BCUT2D eigenvalue weighted by atomic mass is 16.6. The third-order valence-corrected chi connectivity index (χ3v) is 7.98. The number of nitrogens with one attached hydrogen (secondary N) is 3. The van der Waals surface area contributed by atoms with Crippen molar-refractivity contribution in [2.75, 3.05) is 14.2 Å². The Hall–Kier alpha value is -3.39. The Bertz CT molecular complexity index is 1650. The molecular formula is C28H28N4O3. The van der Waals surface area contributed by atoms with Crippen molar-refractivity contribution in [2.45, 2.75) is 44.4 Å². The Morgan fingerprint density at radius 1 is 1.09 bits per heavy atom. The molecule has 0 bridgehead atoms. The maximum absolute atomic E-state index is 13.3. The van der Waals surface area contributed by atoms with E-state index in [0.717, 1.165) is 61.2 Å². The first-order valence-electron chi connectivity index (χ1n) is 12.2. The Morgan fingerprint density at radius 2 is 1.86 bits per heavy atom. The van der Waals surface area contributed by atoms with Gasteiger partial charge in [-0.3, -0.25) is 4.79 Å². The molecule has 178 valence electrons. The van der Waals surface area contributed by atoms with Crippen LogP contribution in [0.5, 0.6) is 0 Å². The van der Waals surface area contributed by atoms with E-state index in [1.165, 1.54) is 0 Å². The van der Waals surface area contributed by atoms with Gasteiger partial charge in [-0.25, -0.2) is 0 Å². The van der Waals surface area contributed by atoms with Gasteiger partial charge in [-0.05, 0) is 31.7 Å². The summed E-state index contributed by atoms with van der Waals surface area (Å²) in [5.74, 6) is -0.00874. The fourth-order valence-electron chi connectivity index (χ4n) is 6.52. The van der Waals surface area contributed by atoms with Gasteiger partial charge >= 0.3 is 0 Å². The van der Waals surface area contributed by atoms with E-state index in [2.05, 4.69) is 63.5 Å². The first-order valence-corrected chi connectivity index (χ1v) is 12.2. The van der Waals surface area contributed by atoms with Crippen LogP contribution in [0.25, 0.3) is 43.6 Å². The van der Waals surface area contributed by atoms with Gasteiger partial charge in [0.2, 0.25) is 0 Å². The molecule has 2 aromatic heterocycles. The SMILES string of the molecule is CN[C@H]1C[C@@H](n2c3ccccc3c3c4c(c5c6ccccc6[nH]c5c32)CNC4=O)O[C@H](C)[C@H]1OC. The molecule has 35 heavy (non-hydrogen) atoms. The van der Waals surface area contributed by atoms with Crippen LogP contribution in [0.4, 0.5) is 0 Å². The van der Waals surface area contributed by atoms with Gasteiger partial charge in [0.15, 0.2) is 0 Å². The molecule has 0 aliphatic carbocycles. The Balaban J connectivity index is 1.63. The fourth-order valence-corrected chi connectivity index (χ4v) is 6.52. The summed E-state index contributed by atoms with van der Waals surface area (Å²) in [5.41, 5.74) is 6.08. The zero-order valence-electron chi connectivity index (χ0n) is 20.0. The van der Waals surface area contributed by atoms with Gasteiger partial charge in [-0.1, -0.05) is 36.4 Å². The Kier molecular flexibility index (Phi) is 4.52. The molecule has 3 aromatic carbocycles. The zero-order valence-corrected chi connectivity index (χ0v) is 20.0. The van der Waals surface area contributed by atoms with Crippen molar-refractivity contribution >= 4 is 49.5 Å². The lowest BCUT2D eigenvalue weighted by Crippen LogP contribution is -2.52. The molecule has 0 spiro atoms. The number of aromatic amines is 1. The normalized spacial score (nSPS) is 24.6. The van der Waals surface area contributed by atoms with Gasteiger partial charge in [0, 0.05) is 53.2 Å². The molecule has 0 saturated carbocycles. The predicted molar refractivity (Wildman–Crippen MR) is 138 cm³/mol. The van der Waals surface area contributed by atoms with E-state index in [-0.39, 0.29) is 30.4 Å². The lowest BCUT2D eigenvalue weighted by Gasteiger charge is -2.40. The number of benzene rings is 3. The molecule has 0 radical (unpaired) electrons. The second-order valence-corrected chi connectivity index (χ2v) is 9.69. The fraction of sp³-hybridized carbons (Fsp3) is 0.321. The van der Waals surface area contributed by atoms with Crippen molar-refractivity contribution in [3.8, 4) is 0 Å². The molecule has 2 aliphatic rings. The minimum absolute atomic E-state index is 0.00874. The number of carbonyl (C=O) groups excluding carboxylic acids is 1. The number of methoxy groups -OCH3 is 1. The monoisotopic (exact) mass is 468 g/mol. The molecule has 0 unspecified atom stereocenters. The summed E-state index contributed by atoms with van der Waals surface area (Å²) in [7, 11) is 3.72. The number of likely N-dealkylation sites (N-methyl/N-ethyl adjacent to an activating group) is 1. The van der Waals surface area contributed by atoms with Gasteiger partial charge in [0.1, 0.15) is 6.23 Å². The minimum atomic E-state index is -0.214. The van der Waals surface area contributed by atoms with Crippen LogP contribution in [-0.2, 0) is 16.0 Å². The molecule has 3 N–H and O–H groups in total. The van der Waals surface area contributed by atoms with Crippen LogP contribution in [-0.4, -0.2) is 47.9 Å². The topological polar surface area (TPSA) is 80.3 Å². The number of rotatable bonds is 3. The van der Waals surface area contributed by atoms with E-state index >= 15 is 0 Å². The van der Waals surface area contributed by atoms with Gasteiger partial charge in [-0.15, -0.1) is 0 Å². The average molecular weight is 469 g/mol. The van der Waals surface area contributed by atoms with Crippen molar-refractivity contribution in [3.05, 3.63) is 59.7 Å². The van der Waals surface area contributed by atoms with Crippen LogP contribution in [0.2, 0.25) is 0 Å². The lowest BCUT2D eigenvalue weighted by molar-refractivity contribution is -0.157. The first kappa shape index (κ1) is 20.9. The molecule has 4 heterocycles. The second kappa shape index (κ2) is 7.55. The standard InChI is InChI=1S/C28H28N4O3/c1-14-27(34-3)19(29-2)12-21(35-14)32-20-11-7-5-9-16(20)23-24-17(13-30-28(24)33)22-15-8-4-6-10-18(15)31-25(22)26(23)32/h4-11,14,19,21,27,29,31H,12-13H2,1-3H3,(H,30,33)/t14-,19+,21+,27-/m1/s1. The van der Waals surface area contributed by atoms with E-state index in [1.54, 1.807) is 7.11 Å². The summed E-state index contributed by atoms with van der Waals surface area (Å²) in [6.45, 7) is 2.61. The molecule has 7 heteroatoms. The van der Waals surface area contributed by atoms with Crippen LogP contribution in [0.3, 0.4) is 0 Å². The summed E-state index contributed by atoms with van der Waals surface area (Å²) in [5, 5.41) is 10.9. The third-order valence-electron chi connectivity index (χ3n) is 7.98. The zero-order chi connectivity index (χ0) is 23.8. The molecule has 5 aromatic rings. The Morgan fingerprint density at radius 3 is 2.66 bits per heavy atom. The van der Waals surface area contributed by atoms with Crippen molar-refractivity contribution in [1.82, 2.24) is 20.2 Å². The van der Waals surface area contributed by atoms with E-state index in [9.17, 15) is 4.79 Å². The number of para-hydroxylation sites is 2. The highest BCUT2D eigenvalue weighted by molar-refractivity contribution is 6.30. The number of H-pyrrole nitrogens is 1. The second-order valence-electron chi connectivity index (χ2n) is 9.69. The van der Waals surface area contributed by atoms with Crippen LogP contribution >= 0.6 is 0 Å². The van der Waals surface area contributed by atoms with Crippen LogP contribution in [0.1, 0.15) is 35.5 Å². The number of aromatic nitrogens is 2. The van der Waals surface area contributed by atoms with Gasteiger partial charge in [0.25, 0.3) is 5.91 Å². The number of ether oxygens (including phenoxy) is 2. The summed E-state index contributed by atoms with van der Waals surface area (Å²) in [4.78, 5) is 17.0. The van der Waals surface area contributed by atoms with Crippen molar-refractivity contribution in [2.24, 2.45) is 0 Å². The van der Waals surface area contributed by atoms with E-state index in [1.807, 2.05) is 19.2 Å². The van der Waals surface area contributed by atoms with Crippen molar-refractivity contribution < 1.29 is 14.3 Å². The highest BCUT2D eigenvalue weighted by Crippen LogP contribution is 2.46. The number of carbonyl (C=O) groups is 1. The summed E-state index contributed by atoms with van der Waals surface area (Å²) < 4.78 is 14.7. The molecule has 1 fully saturated rings. The van der Waals surface area contributed by atoms with Crippen LogP contribution in [0, 0.1) is 0 Å². The van der Waals surface area contributed by atoms with E-state index in [0.29, 0.717) is 6.54 Å². The quantitative estimate of drug-likeness (QED) is 0.362. The number of fused-ring (bicyclic) bond motifs is 10. The summed E-state index contributed by atoms with van der Waals surface area (Å²) >= 11 is 0. The number of nitrogens with zero attached hydrogens (tertiary/aromatic N) is 1. The van der Waals surface area contributed by atoms with Crippen molar-refractivity contribution in [1.29, 1.82) is 0 Å². The molecule has 7 nitrogen and oxygen atoms in total. The lowest BCUT2D eigenvalue weighted by atomic mass is 9.96. The van der Waals surface area contributed by atoms with Gasteiger partial charge < -0.3 is 29.7 Å². The van der Waals surface area contributed by atoms with Crippen LogP contribution < -0.4 is 10.6 Å². The number of hydrogen-bond acceptors (Lipinski definition) is 4. The Labute approximate surface area is 202 Å². The van der Waals surface area contributed by atoms with E-state index < -0.39 is 0 Å². The van der Waals surface area contributed by atoms with Crippen LogP contribution in [0.15, 0.2) is 48.5 Å². The highest BCUT2D eigenvalue weighted by Gasteiger charge is 2.39. The molecular weight excluding hydrogens is 440 g/mol. The average Bonchev–Trinajstić information content (AvgIpc) is 3.54. The maximum Gasteiger partial charge on any atom is 0.252 e. The molecule has 7 rings (SSSR count). The largest absolute Gasteiger partial charge is 0.377 e. The van der Waals surface area contributed by atoms with E-state index in [4.69, 9.17) is 9.47 Å². The van der Waals surface area contributed by atoms with Gasteiger partial charge in [-0.2, -0.15) is 0 Å². The molecule has 1 saturated heterocycles. The third kappa shape index (κ3) is 2.74. The number of amides is 1. The smallest absolute Gasteiger partial charge is 0.252 e. The maximum atomic E-state index is 13.3.